The number of benzene rings is 2. The van der Waals surface area contributed by atoms with Crippen LogP contribution < -0.4 is 5.32 Å². The summed E-state index contributed by atoms with van der Waals surface area (Å²) >= 11 is 0. The Hall–Kier alpha value is -2.33. The molecule has 1 atom stereocenters. The van der Waals surface area contributed by atoms with Gasteiger partial charge in [0.05, 0.1) is 0 Å². The number of hydrogen-bond donors (Lipinski definition) is 2. The molecule has 2 aromatic rings. The van der Waals surface area contributed by atoms with Gasteiger partial charge in [0, 0.05) is 12.8 Å². The molecule has 4 heteroatoms. The Morgan fingerprint density at radius 3 is 2.50 bits per heavy atom. The average molecular weight is 271 g/mol. The van der Waals surface area contributed by atoms with E-state index in [2.05, 4.69) is 5.32 Å². The Morgan fingerprint density at radius 2 is 1.85 bits per heavy atom. The fourth-order valence-electron chi connectivity index (χ4n) is 2.08. The van der Waals surface area contributed by atoms with E-state index >= 15 is 0 Å². The molecule has 0 radical (unpaired) electrons. The number of carbonyl (C=O) groups is 1. The first-order chi connectivity index (χ1) is 9.70. The van der Waals surface area contributed by atoms with Crippen LogP contribution in [0.25, 0.3) is 0 Å². The van der Waals surface area contributed by atoms with Crippen LogP contribution in [0.4, 0.5) is 5.69 Å². The Morgan fingerprint density at radius 1 is 1.15 bits per heavy atom. The molecule has 0 heterocycles. The van der Waals surface area contributed by atoms with Gasteiger partial charge in [-0.2, -0.15) is 0 Å². The van der Waals surface area contributed by atoms with Crippen molar-refractivity contribution >= 4 is 11.7 Å². The number of hydrogen-bond acceptors (Lipinski definition) is 3. The Bertz CT molecular complexity index is 569. The summed E-state index contributed by atoms with van der Waals surface area (Å²) in [5.41, 5.74) is 2.81. The van der Waals surface area contributed by atoms with E-state index in [4.69, 9.17) is 9.84 Å². The molecule has 0 saturated carbocycles. The van der Waals surface area contributed by atoms with E-state index < -0.39 is 5.97 Å². The molecule has 2 rings (SSSR count). The van der Waals surface area contributed by atoms with E-state index in [0.717, 1.165) is 16.8 Å². The zero-order chi connectivity index (χ0) is 14.4. The van der Waals surface area contributed by atoms with Crippen LogP contribution >= 0.6 is 0 Å². The normalized spacial score (nSPS) is 11.8. The minimum atomic E-state index is -0.887. The summed E-state index contributed by atoms with van der Waals surface area (Å²) in [6.07, 6.45) is -0.164. The van der Waals surface area contributed by atoms with E-state index in [0.29, 0.717) is 0 Å². The van der Waals surface area contributed by atoms with Crippen LogP contribution in [-0.4, -0.2) is 24.7 Å². The highest BCUT2D eigenvalue weighted by atomic mass is 16.5. The van der Waals surface area contributed by atoms with E-state index in [1.54, 1.807) is 7.11 Å². The van der Waals surface area contributed by atoms with Gasteiger partial charge >= 0.3 is 5.97 Å². The van der Waals surface area contributed by atoms with Gasteiger partial charge < -0.3 is 15.2 Å². The molecule has 0 aliphatic rings. The van der Waals surface area contributed by atoms with E-state index in [1.807, 2.05) is 54.6 Å². The predicted molar refractivity (Wildman–Crippen MR) is 77.9 cm³/mol. The minimum absolute atomic E-state index is 0.105. The second-order valence-corrected chi connectivity index (χ2v) is 4.40. The molecule has 0 bridgehead atoms. The van der Waals surface area contributed by atoms with Crippen LogP contribution in [-0.2, 0) is 9.53 Å². The maximum atomic E-state index is 10.6. The number of anilines is 1. The molecule has 2 N–H and O–H groups in total. The van der Waals surface area contributed by atoms with E-state index in [9.17, 15) is 4.79 Å². The quantitative estimate of drug-likeness (QED) is 0.848. The summed E-state index contributed by atoms with van der Waals surface area (Å²) in [6, 6.07) is 17.5. The first-order valence-corrected chi connectivity index (χ1v) is 6.34. The lowest BCUT2D eigenvalue weighted by Crippen LogP contribution is -2.12. The van der Waals surface area contributed by atoms with Crippen LogP contribution in [0, 0.1) is 0 Å². The molecule has 0 spiro atoms. The first kappa shape index (κ1) is 14.1. The fraction of sp³-hybridized carbons (Fsp3) is 0.188. The molecule has 0 aliphatic heterocycles. The Kier molecular flexibility index (Phi) is 4.74. The highest BCUT2D eigenvalue weighted by Gasteiger charge is 2.13. The number of carboxylic acid groups (broad SMARTS) is 1. The van der Waals surface area contributed by atoms with Gasteiger partial charge in [0.15, 0.2) is 0 Å². The topological polar surface area (TPSA) is 58.6 Å². The zero-order valence-electron chi connectivity index (χ0n) is 11.2. The molecular weight excluding hydrogens is 254 g/mol. The molecule has 104 valence electrons. The van der Waals surface area contributed by atoms with Crippen molar-refractivity contribution in [3.8, 4) is 0 Å². The summed E-state index contributed by atoms with van der Waals surface area (Å²) in [5, 5.41) is 11.6. The van der Waals surface area contributed by atoms with Crippen LogP contribution in [0.3, 0.4) is 0 Å². The molecule has 2 aromatic carbocycles. The number of methoxy groups -OCH3 is 1. The number of carboxylic acids is 1. The average Bonchev–Trinajstić information content (AvgIpc) is 2.47. The maximum Gasteiger partial charge on any atom is 0.322 e. The predicted octanol–water partition coefficient (Wildman–Crippen LogP) is 2.92. The molecule has 0 fully saturated rings. The number of aliphatic carboxylic acids is 1. The maximum absolute atomic E-state index is 10.6. The molecule has 1 unspecified atom stereocenters. The van der Waals surface area contributed by atoms with Crippen LogP contribution in [0.2, 0.25) is 0 Å². The Labute approximate surface area is 118 Å². The van der Waals surface area contributed by atoms with Crippen molar-refractivity contribution in [2.45, 2.75) is 6.10 Å². The SMILES string of the molecule is COC(c1ccccc1)c1cccc(NCC(=O)O)c1. The second kappa shape index (κ2) is 6.73. The van der Waals surface area contributed by atoms with Crippen LogP contribution in [0.15, 0.2) is 54.6 Å². The largest absolute Gasteiger partial charge is 0.480 e. The molecule has 0 aliphatic carbocycles. The second-order valence-electron chi connectivity index (χ2n) is 4.40. The summed E-state index contributed by atoms with van der Waals surface area (Å²) in [6.45, 7) is -0.105. The molecular formula is C16H17NO3. The third-order valence-corrected chi connectivity index (χ3v) is 2.97. The van der Waals surface area contributed by atoms with Crippen LogP contribution in [0.5, 0.6) is 0 Å². The molecule has 4 nitrogen and oxygen atoms in total. The van der Waals surface area contributed by atoms with Gasteiger partial charge in [-0.1, -0.05) is 42.5 Å². The lowest BCUT2D eigenvalue weighted by molar-refractivity contribution is -0.134. The van der Waals surface area contributed by atoms with Crippen molar-refractivity contribution in [1.29, 1.82) is 0 Å². The first-order valence-electron chi connectivity index (χ1n) is 6.34. The van der Waals surface area contributed by atoms with Crippen molar-refractivity contribution in [2.24, 2.45) is 0 Å². The van der Waals surface area contributed by atoms with Gasteiger partial charge in [-0.05, 0) is 23.3 Å². The van der Waals surface area contributed by atoms with Gasteiger partial charge in [0.2, 0.25) is 0 Å². The fourth-order valence-corrected chi connectivity index (χ4v) is 2.08. The third kappa shape index (κ3) is 3.59. The van der Waals surface area contributed by atoms with E-state index in [-0.39, 0.29) is 12.6 Å². The third-order valence-electron chi connectivity index (χ3n) is 2.97. The van der Waals surface area contributed by atoms with Gasteiger partial charge in [0.25, 0.3) is 0 Å². The van der Waals surface area contributed by atoms with Crippen molar-refractivity contribution in [3.63, 3.8) is 0 Å². The lowest BCUT2D eigenvalue weighted by Gasteiger charge is -2.17. The summed E-state index contributed by atoms with van der Waals surface area (Å²) in [5.74, 6) is -0.887. The summed E-state index contributed by atoms with van der Waals surface area (Å²) in [7, 11) is 1.66. The van der Waals surface area contributed by atoms with Crippen molar-refractivity contribution in [3.05, 3.63) is 65.7 Å². The van der Waals surface area contributed by atoms with Gasteiger partial charge in [-0.25, -0.2) is 0 Å². The highest BCUT2D eigenvalue weighted by molar-refractivity contribution is 5.72. The van der Waals surface area contributed by atoms with Crippen molar-refractivity contribution in [2.75, 3.05) is 19.0 Å². The smallest absolute Gasteiger partial charge is 0.322 e. The van der Waals surface area contributed by atoms with E-state index in [1.165, 1.54) is 0 Å². The molecule has 0 saturated heterocycles. The zero-order valence-corrected chi connectivity index (χ0v) is 11.2. The number of ether oxygens (including phenoxy) is 1. The van der Waals surface area contributed by atoms with Crippen LogP contribution in [0.1, 0.15) is 17.2 Å². The Balaban J connectivity index is 2.22. The summed E-state index contributed by atoms with van der Waals surface area (Å²) in [4.78, 5) is 10.6. The van der Waals surface area contributed by atoms with Crippen molar-refractivity contribution in [1.82, 2.24) is 0 Å². The minimum Gasteiger partial charge on any atom is -0.480 e. The summed E-state index contributed by atoms with van der Waals surface area (Å²) < 4.78 is 5.56. The van der Waals surface area contributed by atoms with Gasteiger partial charge in [0.1, 0.15) is 12.6 Å². The molecule has 0 aromatic heterocycles. The highest BCUT2D eigenvalue weighted by Crippen LogP contribution is 2.26. The standard InChI is InChI=1S/C16H17NO3/c1-20-16(12-6-3-2-4-7-12)13-8-5-9-14(10-13)17-11-15(18)19/h2-10,16-17H,11H2,1H3,(H,18,19). The molecule has 0 amide bonds. The van der Waals surface area contributed by atoms with Crippen molar-refractivity contribution < 1.29 is 14.6 Å². The molecule has 20 heavy (non-hydrogen) atoms. The van der Waals surface area contributed by atoms with Gasteiger partial charge in [-0.15, -0.1) is 0 Å². The number of rotatable bonds is 6. The van der Waals surface area contributed by atoms with Gasteiger partial charge in [-0.3, -0.25) is 4.79 Å². The number of nitrogens with one attached hydrogen (secondary N) is 1. The lowest BCUT2D eigenvalue weighted by atomic mass is 10.0. The monoisotopic (exact) mass is 271 g/mol.